The lowest BCUT2D eigenvalue weighted by molar-refractivity contribution is -0.896. The highest BCUT2D eigenvalue weighted by molar-refractivity contribution is 5.96. The number of nitro groups is 1. The first kappa shape index (κ1) is 23.0. The third-order valence-electron chi connectivity index (χ3n) is 5.80. The van der Waals surface area contributed by atoms with Crippen molar-refractivity contribution in [2.45, 2.75) is 45.6 Å². The predicted molar refractivity (Wildman–Crippen MR) is 119 cm³/mol. The van der Waals surface area contributed by atoms with Gasteiger partial charge in [-0.1, -0.05) is 0 Å². The minimum Gasteiger partial charge on any atom is -0.366 e. The number of benzene rings is 1. The predicted octanol–water partition coefficient (Wildman–Crippen LogP) is 0.841. The molecule has 2 amide bonds. The van der Waals surface area contributed by atoms with Gasteiger partial charge in [-0.25, -0.2) is 0 Å². The Morgan fingerprint density at radius 1 is 1.10 bits per heavy atom. The molecule has 2 fully saturated rings. The average molecular weight is 433 g/mol. The number of rotatable bonds is 5. The molecule has 2 aliphatic heterocycles. The van der Waals surface area contributed by atoms with E-state index < -0.39 is 4.92 Å². The summed E-state index contributed by atoms with van der Waals surface area (Å²) < 4.78 is 0. The van der Waals surface area contributed by atoms with Crippen molar-refractivity contribution in [1.29, 1.82) is 0 Å². The summed E-state index contributed by atoms with van der Waals surface area (Å²) in [6, 6.07) is 4.84. The van der Waals surface area contributed by atoms with Crippen molar-refractivity contribution >= 4 is 23.2 Å². The van der Waals surface area contributed by atoms with E-state index in [0.717, 1.165) is 37.3 Å². The van der Waals surface area contributed by atoms with E-state index in [0.29, 0.717) is 44.0 Å². The van der Waals surface area contributed by atoms with Crippen molar-refractivity contribution < 1.29 is 19.4 Å². The number of nitrogens with one attached hydrogen (secondary N) is 2. The fraction of sp³-hybridized carbons (Fsp3) is 0.636. The van der Waals surface area contributed by atoms with Crippen LogP contribution in [0.25, 0.3) is 0 Å². The standard InChI is InChI=1S/C22H33N5O4/c1-22(2,3)23-20(28)16-24-11-13-26(14-12-24)21(29)17-7-8-18(19(15-17)27(30)31)25-9-5-4-6-10-25/h7-8,15H,4-6,9-14,16H2,1-3H3,(H,23,28)/p+1. The summed E-state index contributed by atoms with van der Waals surface area (Å²) in [6.07, 6.45) is 3.20. The molecule has 170 valence electrons. The normalized spacial score (nSPS) is 18.0. The summed E-state index contributed by atoms with van der Waals surface area (Å²) in [7, 11) is 0. The van der Waals surface area contributed by atoms with E-state index in [9.17, 15) is 19.7 Å². The van der Waals surface area contributed by atoms with Crippen LogP contribution in [0.3, 0.4) is 0 Å². The number of nitrogens with zero attached hydrogens (tertiary/aromatic N) is 3. The third kappa shape index (κ3) is 6.16. The maximum Gasteiger partial charge on any atom is 0.293 e. The zero-order chi connectivity index (χ0) is 22.6. The maximum atomic E-state index is 13.0. The highest BCUT2D eigenvalue weighted by Crippen LogP contribution is 2.31. The molecule has 0 saturated carbocycles. The first-order valence-corrected chi connectivity index (χ1v) is 11.1. The van der Waals surface area contributed by atoms with Gasteiger partial charge in [-0.3, -0.25) is 19.7 Å². The molecule has 0 bridgehead atoms. The van der Waals surface area contributed by atoms with Crippen molar-refractivity contribution in [2.75, 3.05) is 50.7 Å². The van der Waals surface area contributed by atoms with E-state index in [4.69, 9.17) is 0 Å². The van der Waals surface area contributed by atoms with Crippen molar-refractivity contribution in [3.8, 4) is 0 Å². The van der Waals surface area contributed by atoms with Gasteiger partial charge < -0.3 is 20.0 Å². The third-order valence-corrected chi connectivity index (χ3v) is 5.80. The Kier molecular flexibility index (Phi) is 7.15. The minimum absolute atomic E-state index is 0.00383. The molecule has 0 aromatic heterocycles. The zero-order valence-corrected chi connectivity index (χ0v) is 18.8. The van der Waals surface area contributed by atoms with E-state index in [-0.39, 0.29) is 23.0 Å². The van der Waals surface area contributed by atoms with Gasteiger partial charge in [-0.15, -0.1) is 0 Å². The summed E-state index contributed by atoms with van der Waals surface area (Å²) >= 11 is 0. The lowest BCUT2D eigenvalue weighted by atomic mass is 10.1. The molecule has 0 unspecified atom stereocenters. The quantitative estimate of drug-likeness (QED) is 0.531. The number of hydrogen-bond acceptors (Lipinski definition) is 5. The number of carbonyl (C=O) groups is 2. The number of amides is 2. The smallest absolute Gasteiger partial charge is 0.293 e. The molecule has 0 spiro atoms. The van der Waals surface area contributed by atoms with Crippen molar-refractivity contribution in [3.05, 3.63) is 33.9 Å². The molecule has 9 nitrogen and oxygen atoms in total. The molecule has 1 aromatic rings. The molecular weight excluding hydrogens is 398 g/mol. The van der Waals surface area contributed by atoms with Gasteiger partial charge in [0, 0.05) is 30.3 Å². The fourth-order valence-corrected chi connectivity index (χ4v) is 4.28. The van der Waals surface area contributed by atoms with Gasteiger partial charge in [0.05, 0.1) is 31.1 Å². The van der Waals surface area contributed by atoms with Gasteiger partial charge in [-0.2, -0.15) is 0 Å². The molecule has 2 aliphatic rings. The first-order chi connectivity index (χ1) is 14.6. The molecule has 1 aromatic carbocycles. The number of hydrogen-bond donors (Lipinski definition) is 2. The van der Waals surface area contributed by atoms with Gasteiger partial charge in [0.2, 0.25) is 0 Å². The van der Waals surface area contributed by atoms with E-state index in [1.165, 1.54) is 6.07 Å². The number of anilines is 1. The summed E-state index contributed by atoms with van der Waals surface area (Å²) in [6.45, 7) is 10.3. The van der Waals surface area contributed by atoms with Gasteiger partial charge in [-0.05, 0) is 52.2 Å². The lowest BCUT2D eigenvalue weighted by Gasteiger charge is -2.32. The summed E-state index contributed by atoms with van der Waals surface area (Å²) in [5.74, 6) is -0.183. The minimum atomic E-state index is -0.392. The topological polar surface area (TPSA) is 100 Å². The fourth-order valence-electron chi connectivity index (χ4n) is 4.28. The Hall–Kier alpha value is -2.68. The van der Waals surface area contributed by atoms with Crippen LogP contribution in [0.2, 0.25) is 0 Å². The van der Waals surface area contributed by atoms with Gasteiger partial charge >= 0.3 is 0 Å². The molecule has 3 rings (SSSR count). The van der Waals surface area contributed by atoms with E-state index >= 15 is 0 Å². The molecular formula is C22H34N5O4+. The van der Waals surface area contributed by atoms with E-state index in [1.807, 2.05) is 25.7 Å². The second-order valence-corrected chi connectivity index (χ2v) is 9.53. The van der Waals surface area contributed by atoms with Crippen molar-refractivity contribution in [3.63, 3.8) is 0 Å². The average Bonchev–Trinajstić information content (AvgIpc) is 2.72. The summed E-state index contributed by atoms with van der Waals surface area (Å²) in [5, 5.41) is 14.6. The van der Waals surface area contributed by atoms with Crippen molar-refractivity contribution in [1.82, 2.24) is 10.2 Å². The monoisotopic (exact) mass is 432 g/mol. The van der Waals surface area contributed by atoms with Crippen molar-refractivity contribution in [2.24, 2.45) is 0 Å². The van der Waals surface area contributed by atoms with E-state index in [1.54, 1.807) is 17.0 Å². The zero-order valence-electron chi connectivity index (χ0n) is 18.8. The van der Waals surface area contributed by atoms with Gasteiger partial charge in [0.25, 0.3) is 17.5 Å². The van der Waals surface area contributed by atoms with Crippen LogP contribution in [-0.2, 0) is 4.79 Å². The number of piperidine rings is 1. The number of carbonyl (C=O) groups excluding carboxylic acids is 2. The Balaban J connectivity index is 1.62. The summed E-state index contributed by atoms with van der Waals surface area (Å²) in [5.41, 5.74) is 0.682. The number of quaternary nitrogens is 1. The molecule has 2 saturated heterocycles. The molecule has 9 heteroatoms. The molecule has 0 aliphatic carbocycles. The number of nitro benzene ring substituents is 1. The Morgan fingerprint density at radius 3 is 2.32 bits per heavy atom. The van der Waals surface area contributed by atoms with Crippen LogP contribution >= 0.6 is 0 Å². The Labute approximate surface area is 183 Å². The Morgan fingerprint density at radius 2 is 1.74 bits per heavy atom. The maximum absolute atomic E-state index is 13.0. The summed E-state index contributed by atoms with van der Waals surface area (Å²) in [4.78, 5) is 41.3. The Bertz CT molecular complexity index is 822. The molecule has 0 radical (unpaired) electrons. The largest absolute Gasteiger partial charge is 0.366 e. The van der Waals surface area contributed by atoms with Crippen LogP contribution in [0.1, 0.15) is 50.4 Å². The van der Waals surface area contributed by atoms with Crippen LogP contribution in [0.4, 0.5) is 11.4 Å². The highest BCUT2D eigenvalue weighted by atomic mass is 16.6. The van der Waals surface area contributed by atoms with Crippen LogP contribution in [0.5, 0.6) is 0 Å². The van der Waals surface area contributed by atoms with Crippen LogP contribution < -0.4 is 15.1 Å². The van der Waals surface area contributed by atoms with Crippen LogP contribution in [0, 0.1) is 10.1 Å². The van der Waals surface area contributed by atoms with Crippen LogP contribution in [0.15, 0.2) is 18.2 Å². The molecule has 2 heterocycles. The molecule has 31 heavy (non-hydrogen) atoms. The van der Waals surface area contributed by atoms with Crippen LogP contribution in [-0.4, -0.2) is 73.0 Å². The van der Waals surface area contributed by atoms with E-state index in [2.05, 4.69) is 5.32 Å². The first-order valence-electron chi connectivity index (χ1n) is 11.1. The second-order valence-electron chi connectivity index (χ2n) is 9.53. The number of piperazine rings is 1. The molecule has 2 N–H and O–H groups in total. The second kappa shape index (κ2) is 9.64. The van der Waals surface area contributed by atoms with Gasteiger partial charge in [0.15, 0.2) is 6.54 Å². The molecule has 0 atom stereocenters. The lowest BCUT2D eigenvalue weighted by Crippen LogP contribution is -3.16. The van der Waals surface area contributed by atoms with Gasteiger partial charge in [0.1, 0.15) is 5.69 Å². The SMILES string of the molecule is CC(C)(C)NC(=O)C[NH+]1CCN(C(=O)c2ccc(N3CCCCC3)c([N+](=O)[O-])c2)CC1. The highest BCUT2D eigenvalue weighted by Gasteiger charge is 2.29.